The number of carbonyl (C=O) groups excluding carboxylic acids is 1. The van der Waals surface area contributed by atoms with Crippen LogP contribution >= 0.6 is 11.6 Å². The van der Waals surface area contributed by atoms with Crippen LogP contribution in [0.1, 0.15) is 32.1 Å². The number of hydrogen-bond acceptors (Lipinski definition) is 2. The summed E-state index contributed by atoms with van der Waals surface area (Å²) in [5.41, 5.74) is 1.14. The molecule has 1 saturated carbocycles. The molecule has 0 atom stereocenters. The Balaban J connectivity index is 1.49. The second-order valence-electron chi connectivity index (χ2n) is 6.24. The fourth-order valence-electron chi connectivity index (χ4n) is 3.35. The maximum absolute atomic E-state index is 12.3. The van der Waals surface area contributed by atoms with Gasteiger partial charge in [0.05, 0.1) is 0 Å². The summed E-state index contributed by atoms with van der Waals surface area (Å²) in [6, 6.07) is 8.41. The van der Waals surface area contributed by atoms with E-state index in [9.17, 15) is 4.79 Å². The Labute approximate surface area is 137 Å². The van der Waals surface area contributed by atoms with Gasteiger partial charge < -0.3 is 15.1 Å². The van der Waals surface area contributed by atoms with Crippen LogP contribution in [-0.4, -0.2) is 43.2 Å². The van der Waals surface area contributed by atoms with Crippen molar-refractivity contribution in [3.63, 3.8) is 0 Å². The number of rotatable bonds is 2. The molecule has 1 heterocycles. The van der Waals surface area contributed by atoms with E-state index in [-0.39, 0.29) is 6.03 Å². The number of urea groups is 1. The van der Waals surface area contributed by atoms with Crippen molar-refractivity contribution >= 4 is 23.3 Å². The van der Waals surface area contributed by atoms with E-state index in [1.165, 1.54) is 19.3 Å². The molecule has 2 fully saturated rings. The lowest BCUT2D eigenvalue weighted by atomic mass is 9.96. The molecule has 1 N–H and O–H groups in total. The van der Waals surface area contributed by atoms with E-state index in [0.717, 1.165) is 49.7 Å². The second kappa shape index (κ2) is 7.23. The van der Waals surface area contributed by atoms with Gasteiger partial charge in [-0.25, -0.2) is 4.79 Å². The Morgan fingerprint density at radius 2 is 1.82 bits per heavy atom. The Morgan fingerprint density at radius 3 is 2.50 bits per heavy atom. The van der Waals surface area contributed by atoms with E-state index in [0.29, 0.717) is 6.04 Å². The second-order valence-corrected chi connectivity index (χ2v) is 6.67. The van der Waals surface area contributed by atoms with E-state index in [2.05, 4.69) is 16.3 Å². The number of halogens is 1. The standard InChI is InChI=1S/C17H24ClN3O/c18-14-5-4-8-16(13-14)20-9-11-21(12-10-20)17(22)19-15-6-2-1-3-7-15/h4-5,8,13,15H,1-3,6-7,9-12H2,(H,19,22). The van der Waals surface area contributed by atoms with Crippen LogP contribution in [0.3, 0.4) is 0 Å². The molecule has 4 nitrogen and oxygen atoms in total. The van der Waals surface area contributed by atoms with Crippen LogP contribution in [-0.2, 0) is 0 Å². The van der Waals surface area contributed by atoms with Crippen LogP contribution in [0.2, 0.25) is 5.02 Å². The highest BCUT2D eigenvalue weighted by molar-refractivity contribution is 6.30. The zero-order chi connectivity index (χ0) is 15.4. The fourth-order valence-corrected chi connectivity index (χ4v) is 3.54. The quantitative estimate of drug-likeness (QED) is 0.905. The van der Waals surface area contributed by atoms with E-state index in [1.807, 2.05) is 23.1 Å². The first-order chi connectivity index (χ1) is 10.7. The molecule has 1 aliphatic carbocycles. The Bertz CT molecular complexity index is 508. The molecule has 3 rings (SSSR count). The van der Waals surface area contributed by atoms with Gasteiger partial charge in [-0.1, -0.05) is 36.9 Å². The third-order valence-electron chi connectivity index (χ3n) is 4.67. The highest BCUT2D eigenvalue weighted by Gasteiger charge is 2.23. The minimum atomic E-state index is 0.109. The van der Waals surface area contributed by atoms with Gasteiger partial charge in [-0.05, 0) is 31.0 Å². The average molecular weight is 322 g/mol. The van der Waals surface area contributed by atoms with Gasteiger partial charge in [-0.3, -0.25) is 0 Å². The third-order valence-corrected chi connectivity index (χ3v) is 4.91. The first kappa shape index (κ1) is 15.5. The van der Waals surface area contributed by atoms with Gasteiger partial charge >= 0.3 is 6.03 Å². The SMILES string of the molecule is O=C(NC1CCCCC1)N1CCN(c2cccc(Cl)c2)CC1. The molecule has 22 heavy (non-hydrogen) atoms. The average Bonchev–Trinajstić information content (AvgIpc) is 2.56. The van der Waals surface area contributed by atoms with E-state index in [4.69, 9.17) is 11.6 Å². The maximum atomic E-state index is 12.3. The Hall–Kier alpha value is -1.42. The summed E-state index contributed by atoms with van der Waals surface area (Å²) in [5, 5.41) is 3.96. The predicted molar refractivity (Wildman–Crippen MR) is 90.6 cm³/mol. The van der Waals surface area contributed by atoms with Crippen molar-refractivity contribution in [2.45, 2.75) is 38.1 Å². The summed E-state index contributed by atoms with van der Waals surface area (Å²) in [6.45, 7) is 3.26. The lowest BCUT2D eigenvalue weighted by Gasteiger charge is -2.37. The lowest BCUT2D eigenvalue weighted by Crippen LogP contribution is -2.53. The summed E-state index contributed by atoms with van der Waals surface area (Å²) < 4.78 is 0. The summed E-state index contributed by atoms with van der Waals surface area (Å²) >= 11 is 6.05. The minimum absolute atomic E-state index is 0.109. The number of benzene rings is 1. The number of piperazine rings is 1. The number of carbonyl (C=O) groups is 1. The fraction of sp³-hybridized carbons (Fsp3) is 0.588. The molecule has 120 valence electrons. The van der Waals surface area contributed by atoms with E-state index < -0.39 is 0 Å². The van der Waals surface area contributed by atoms with Gasteiger partial charge in [-0.15, -0.1) is 0 Å². The molecule has 1 aromatic rings. The van der Waals surface area contributed by atoms with Crippen LogP contribution in [0.4, 0.5) is 10.5 Å². The number of hydrogen-bond donors (Lipinski definition) is 1. The number of nitrogens with zero attached hydrogens (tertiary/aromatic N) is 2. The first-order valence-corrected chi connectivity index (χ1v) is 8.66. The van der Waals surface area contributed by atoms with Gasteiger partial charge in [0.2, 0.25) is 0 Å². The molecule has 0 aromatic heterocycles. The predicted octanol–water partition coefficient (Wildman–Crippen LogP) is 3.50. The van der Waals surface area contributed by atoms with Crippen molar-refractivity contribution < 1.29 is 4.79 Å². The summed E-state index contributed by atoms with van der Waals surface area (Å²) in [5.74, 6) is 0. The highest BCUT2D eigenvalue weighted by atomic mass is 35.5. The van der Waals surface area contributed by atoms with Crippen LogP contribution in [0, 0.1) is 0 Å². The van der Waals surface area contributed by atoms with Crippen molar-refractivity contribution in [3.8, 4) is 0 Å². The van der Waals surface area contributed by atoms with Crippen molar-refractivity contribution in [1.29, 1.82) is 0 Å². The topological polar surface area (TPSA) is 35.6 Å². The number of anilines is 1. The zero-order valence-electron chi connectivity index (χ0n) is 12.9. The Morgan fingerprint density at radius 1 is 1.09 bits per heavy atom. The molecule has 0 unspecified atom stereocenters. The zero-order valence-corrected chi connectivity index (χ0v) is 13.7. The van der Waals surface area contributed by atoms with Crippen molar-refractivity contribution in [3.05, 3.63) is 29.3 Å². The highest BCUT2D eigenvalue weighted by Crippen LogP contribution is 2.21. The summed E-state index contributed by atoms with van der Waals surface area (Å²) in [6.07, 6.45) is 6.06. The molecule has 2 aliphatic rings. The molecule has 1 aliphatic heterocycles. The molecule has 1 aromatic carbocycles. The van der Waals surface area contributed by atoms with Gasteiger partial charge in [0.25, 0.3) is 0 Å². The number of amides is 2. The van der Waals surface area contributed by atoms with Crippen molar-refractivity contribution in [1.82, 2.24) is 10.2 Å². The molecule has 0 spiro atoms. The normalized spacial score (nSPS) is 20.0. The maximum Gasteiger partial charge on any atom is 0.317 e. The monoisotopic (exact) mass is 321 g/mol. The van der Waals surface area contributed by atoms with E-state index in [1.54, 1.807) is 0 Å². The van der Waals surface area contributed by atoms with Gasteiger partial charge in [0.1, 0.15) is 0 Å². The summed E-state index contributed by atoms with van der Waals surface area (Å²) in [7, 11) is 0. The number of nitrogens with one attached hydrogen (secondary N) is 1. The molecule has 1 saturated heterocycles. The van der Waals surface area contributed by atoms with Crippen LogP contribution in [0.15, 0.2) is 24.3 Å². The third kappa shape index (κ3) is 3.86. The van der Waals surface area contributed by atoms with Crippen LogP contribution in [0.5, 0.6) is 0 Å². The van der Waals surface area contributed by atoms with Gasteiger partial charge in [-0.2, -0.15) is 0 Å². The molecular weight excluding hydrogens is 298 g/mol. The largest absolute Gasteiger partial charge is 0.368 e. The van der Waals surface area contributed by atoms with Crippen LogP contribution in [0.25, 0.3) is 0 Å². The first-order valence-electron chi connectivity index (χ1n) is 8.28. The van der Waals surface area contributed by atoms with Gasteiger partial charge in [0.15, 0.2) is 0 Å². The molecule has 0 bridgehead atoms. The molecule has 0 radical (unpaired) electrons. The van der Waals surface area contributed by atoms with Gasteiger partial charge in [0, 0.05) is 42.9 Å². The lowest BCUT2D eigenvalue weighted by molar-refractivity contribution is 0.186. The summed E-state index contributed by atoms with van der Waals surface area (Å²) in [4.78, 5) is 16.6. The van der Waals surface area contributed by atoms with Crippen molar-refractivity contribution in [2.75, 3.05) is 31.1 Å². The Kier molecular flexibility index (Phi) is 5.08. The molecule has 5 heteroatoms. The van der Waals surface area contributed by atoms with Crippen molar-refractivity contribution in [2.24, 2.45) is 0 Å². The van der Waals surface area contributed by atoms with E-state index >= 15 is 0 Å². The molecular formula is C17H24ClN3O. The minimum Gasteiger partial charge on any atom is -0.368 e. The van der Waals surface area contributed by atoms with Crippen LogP contribution < -0.4 is 10.2 Å². The smallest absolute Gasteiger partial charge is 0.317 e. The molecule has 2 amide bonds.